The third kappa shape index (κ3) is 10.9. The molecule has 1 fully saturated rings. The number of rotatable bonds is 16. The Morgan fingerprint density at radius 3 is 2.11 bits per heavy atom. The van der Waals surface area contributed by atoms with Crippen molar-refractivity contribution in [3.05, 3.63) is 47.5 Å². The lowest BCUT2D eigenvalue weighted by Crippen LogP contribution is -2.44. The molecule has 1 aromatic rings. The Bertz CT molecular complexity index is 1040. The molecule has 1 aliphatic carbocycles. The topological polar surface area (TPSA) is 65.0 Å². The molecule has 0 aliphatic heterocycles. The number of aliphatic hydroxyl groups excluding tert-OH is 1. The van der Waals surface area contributed by atoms with Crippen molar-refractivity contribution in [2.45, 2.75) is 167 Å². The van der Waals surface area contributed by atoms with E-state index in [9.17, 15) is 9.90 Å². The Morgan fingerprint density at radius 2 is 1.57 bits per heavy atom. The molecule has 2 unspecified atom stereocenters. The smallest absolute Gasteiger partial charge is 0.305 e. The Kier molecular flexibility index (Phi) is 14.6. The lowest BCUT2D eigenvalue weighted by molar-refractivity contribution is -0.140. The van der Waals surface area contributed by atoms with Crippen LogP contribution >= 0.6 is 0 Å². The summed E-state index contributed by atoms with van der Waals surface area (Å²) in [7, 11) is -2.56. The summed E-state index contributed by atoms with van der Waals surface area (Å²) in [5.41, 5.74) is 2.51. The van der Waals surface area contributed by atoms with Crippen LogP contribution in [0.15, 0.2) is 36.4 Å². The highest BCUT2D eigenvalue weighted by molar-refractivity contribution is 6.74. The average Bonchev–Trinajstić information content (AvgIpc) is 3.22. The summed E-state index contributed by atoms with van der Waals surface area (Å²) in [5.74, 6) is 0.0325. The first-order chi connectivity index (χ1) is 20.3. The quantitative estimate of drug-likeness (QED) is 0.0838. The fourth-order valence-electron chi connectivity index (χ4n) is 5.69. The van der Waals surface area contributed by atoms with Crippen LogP contribution in [-0.2, 0) is 18.4 Å². The van der Waals surface area contributed by atoms with E-state index >= 15 is 0 Å². The summed E-state index contributed by atoms with van der Waals surface area (Å²) in [6, 6.07) is 9.14. The van der Waals surface area contributed by atoms with Gasteiger partial charge in [0, 0.05) is 12.3 Å². The maximum absolute atomic E-state index is 11.5. The fourth-order valence-corrected chi connectivity index (χ4v) is 8.36. The first kappa shape index (κ1) is 38.9. The summed E-state index contributed by atoms with van der Waals surface area (Å²) in [6.45, 7) is 25.4. The molecule has 44 heavy (non-hydrogen) atoms. The highest BCUT2D eigenvalue weighted by atomic mass is 28.4. The van der Waals surface area contributed by atoms with E-state index < -0.39 is 22.7 Å². The predicted octanol–water partition coefficient (Wildman–Crippen LogP) is 10.5. The van der Waals surface area contributed by atoms with Crippen LogP contribution in [0.4, 0.5) is 0 Å². The van der Waals surface area contributed by atoms with Gasteiger partial charge in [-0.25, -0.2) is 0 Å². The number of esters is 1. The van der Waals surface area contributed by atoms with E-state index in [4.69, 9.17) is 13.6 Å². The van der Waals surface area contributed by atoms with E-state index in [0.29, 0.717) is 12.8 Å². The van der Waals surface area contributed by atoms with Crippen LogP contribution in [0, 0.1) is 5.92 Å². The SMILES string of the molecule is CCCCCC(O[Si](C)(C)C(C)(C)C)c1ccc([C@@H]2C(C/C=C\CCCC(=O)OC)[C@H](O)C[C@H]2O[Si](C)(C)C(C)(C)C)cc1. The molecule has 1 N–H and O–H groups in total. The zero-order chi connectivity index (χ0) is 33.3. The Morgan fingerprint density at radius 1 is 0.955 bits per heavy atom. The number of allylic oxidation sites excluding steroid dienone is 2. The number of carbonyl (C=O) groups excluding carboxylic acids is 1. The van der Waals surface area contributed by atoms with Crippen LogP contribution < -0.4 is 0 Å². The van der Waals surface area contributed by atoms with Crippen LogP contribution in [-0.4, -0.2) is 47.0 Å². The van der Waals surface area contributed by atoms with E-state index in [-0.39, 0.29) is 40.1 Å². The molecule has 5 nitrogen and oxygen atoms in total. The number of carbonyl (C=O) groups is 1. The number of benzene rings is 1. The Balaban J connectivity index is 2.37. The van der Waals surface area contributed by atoms with Crippen molar-refractivity contribution >= 4 is 22.6 Å². The molecule has 1 saturated carbocycles. The van der Waals surface area contributed by atoms with Crippen LogP contribution in [0.2, 0.25) is 36.3 Å². The molecule has 5 atom stereocenters. The lowest BCUT2D eigenvalue weighted by Gasteiger charge is -2.40. The third-order valence-electron chi connectivity index (χ3n) is 10.6. The predicted molar refractivity (Wildman–Crippen MR) is 190 cm³/mol. The lowest BCUT2D eigenvalue weighted by atomic mass is 9.84. The molecule has 0 bridgehead atoms. The van der Waals surface area contributed by atoms with Crippen molar-refractivity contribution in [2.24, 2.45) is 5.92 Å². The minimum Gasteiger partial charge on any atom is -0.469 e. The van der Waals surface area contributed by atoms with Gasteiger partial charge in [0.25, 0.3) is 0 Å². The highest BCUT2D eigenvalue weighted by Crippen LogP contribution is 2.48. The molecule has 2 rings (SSSR count). The molecule has 252 valence electrons. The van der Waals surface area contributed by atoms with Gasteiger partial charge in [-0.2, -0.15) is 0 Å². The van der Waals surface area contributed by atoms with Gasteiger partial charge in [-0.3, -0.25) is 4.79 Å². The van der Waals surface area contributed by atoms with Gasteiger partial charge in [-0.05, 0) is 85.4 Å². The molecule has 0 saturated heterocycles. The van der Waals surface area contributed by atoms with Crippen molar-refractivity contribution in [3.8, 4) is 0 Å². The van der Waals surface area contributed by atoms with Gasteiger partial charge in [-0.15, -0.1) is 0 Å². The Labute approximate surface area is 272 Å². The van der Waals surface area contributed by atoms with Gasteiger partial charge in [0.2, 0.25) is 0 Å². The maximum atomic E-state index is 11.5. The summed E-state index contributed by atoms with van der Waals surface area (Å²) in [5, 5.41) is 11.6. The van der Waals surface area contributed by atoms with Crippen molar-refractivity contribution in [2.75, 3.05) is 7.11 Å². The molecule has 1 aromatic carbocycles. The van der Waals surface area contributed by atoms with Crippen LogP contribution in [0.3, 0.4) is 0 Å². The average molecular weight is 647 g/mol. The van der Waals surface area contributed by atoms with Gasteiger partial charge in [0.05, 0.1) is 25.4 Å². The van der Waals surface area contributed by atoms with Gasteiger partial charge in [0.15, 0.2) is 16.6 Å². The van der Waals surface area contributed by atoms with E-state index in [2.05, 4.69) is 111 Å². The highest BCUT2D eigenvalue weighted by Gasteiger charge is 2.48. The first-order valence-corrected chi connectivity index (χ1v) is 23.0. The molecule has 0 amide bonds. The zero-order valence-electron chi connectivity index (χ0n) is 30.3. The summed E-state index contributed by atoms with van der Waals surface area (Å²) >= 11 is 0. The van der Waals surface area contributed by atoms with Gasteiger partial charge < -0.3 is 18.7 Å². The second-order valence-corrected chi connectivity index (χ2v) is 25.6. The van der Waals surface area contributed by atoms with Crippen LogP contribution in [0.25, 0.3) is 0 Å². The minimum absolute atomic E-state index is 0.0155. The van der Waals surface area contributed by atoms with Crippen LogP contribution in [0.1, 0.15) is 129 Å². The van der Waals surface area contributed by atoms with Crippen molar-refractivity contribution in [1.82, 2.24) is 0 Å². The van der Waals surface area contributed by atoms with E-state index in [1.807, 2.05) is 0 Å². The molecule has 0 spiro atoms. The largest absolute Gasteiger partial charge is 0.469 e. The minimum atomic E-state index is -2.05. The zero-order valence-corrected chi connectivity index (χ0v) is 32.3. The number of methoxy groups -OCH3 is 1. The molecule has 0 heterocycles. The molecular formula is C37H66O5Si2. The third-order valence-corrected chi connectivity index (χ3v) is 19.6. The van der Waals surface area contributed by atoms with Gasteiger partial charge >= 0.3 is 5.97 Å². The second-order valence-electron chi connectivity index (χ2n) is 16.1. The number of unbranched alkanes of at least 4 members (excludes halogenated alkanes) is 3. The normalized spacial score (nSPS) is 22.5. The van der Waals surface area contributed by atoms with E-state index in [0.717, 1.165) is 25.7 Å². The molecule has 0 aromatic heterocycles. The van der Waals surface area contributed by atoms with Crippen molar-refractivity contribution < 1.29 is 23.5 Å². The Hall–Kier alpha value is -1.26. The van der Waals surface area contributed by atoms with Gasteiger partial charge in [-0.1, -0.05) is 104 Å². The number of hydrogen-bond acceptors (Lipinski definition) is 5. The van der Waals surface area contributed by atoms with Crippen molar-refractivity contribution in [3.63, 3.8) is 0 Å². The molecular weight excluding hydrogens is 581 g/mol. The number of ether oxygens (including phenoxy) is 1. The monoisotopic (exact) mass is 646 g/mol. The maximum Gasteiger partial charge on any atom is 0.305 e. The molecule has 1 aliphatic rings. The van der Waals surface area contributed by atoms with Crippen LogP contribution in [0.5, 0.6) is 0 Å². The second kappa shape index (κ2) is 16.5. The fraction of sp³-hybridized carbons (Fsp3) is 0.757. The first-order valence-electron chi connectivity index (χ1n) is 17.2. The molecule has 0 radical (unpaired) electrons. The van der Waals surface area contributed by atoms with E-state index in [1.165, 1.54) is 37.5 Å². The standard InChI is InChI=1S/C37H66O5Si2/c1-13-14-17-21-32(41-43(9,10)36(2,3)4)28-23-25-29(26-24-28)35-30(20-18-15-16-19-22-34(39)40-8)31(38)27-33(35)42-44(11,12)37(5,6)7/h15,18,23-26,30-33,35,38H,13-14,16-17,19-22,27H2,1-12H3/b18-15-/t30?,31-,32?,33-,35-/m1/s1. The van der Waals surface area contributed by atoms with Gasteiger partial charge in [0.1, 0.15) is 0 Å². The summed E-state index contributed by atoms with van der Waals surface area (Å²) < 4.78 is 18.8. The van der Waals surface area contributed by atoms with Crippen molar-refractivity contribution in [1.29, 1.82) is 0 Å². The number of aliphatic hydroxyl groups is 1. The number of hydrogen-bond donors (Lipinski definition) is 1. The molecule has 7 heteroatoms. The van der Waals surface area contributed by atoms with E-state index in [1.54, 1.807) is 0 Å². The summed E-state index contributed by atoms with van der Waals surface area (Å²) in [6.07, 6.45) is 12.1. The summed E-state index contributed by atoms with van der Waals surface area (Å²) in [4.78, 5) is 11.5.